The first-order valence-corrected chi connectivity index (χ1v) is 12.0. The van der Waals surface area contributed by atoms with Crippen molar-refractivity contribution in [3.63, 3.8) is 0 Å². The van der Waals surface area contributed by atoms with Crippen molar-refractivity contribution in [1.29, 1.82) is 0 Å². The van der Waals surface area contributed by atoms with Crippen LogP contribution in [-0.4, -0.2) is 34.6 Å². The zero-order valence-electron chi connectivity index (χ0n) is 18.7. The molecule has 0 bridgehead atoms. The number of ether oxygens (including phenoxy) is 1. The van der Waals surface area contributed by atoms with E-state index in [1.807, 2.05) is 13.0 Å². The fraction of sp³-hybridized carbons (Fsp3) is 0.480. The zero-order chi connectivity index (χ0) is 22.8. The van der Waals surface area contributed by atoms with Gasteiger partial charge in [0, 0.05) is 19.2 Å². The predicted molar refractivity (Wildman–Crippen MR) is 124 cm³/mol. The molecule has 8 heteroatoms. The van der Waals surface area contributed by atoms with Gasteiger partial charge in [0.05, 0.1) is 36.6 Å². The van der Waals surface area contributed by atoms with E-state index in [-0.39, 0.29) is 5.82 Å². The lowest BCUT2D eigenvalue weighted by Crippen LogP contribution is -2.35. The number of hydrogen-bond acceptors (Lipinski definition) is 6. The van der Waals surface area contributed by atoms with Crippen molar-refractivity contribution in [2.45, 2.75) is 39.0 Å². The highest BCUT2D eigenvalue weighted by Crippen LogP contribution is 2.49. The van der Waals surface area contributed by atoms with Gasteiger partial charge in [-0.25, -0.2) is 19.3 Å². The summed E-state index contributed by atoms with van der Waals surface area (Å²) in [6.07, 6.45) is 9.93. The lowest BCUT2D eigenvalue weighted by Gasteiger charge is -2.32. The minimum absolute atomic E-state index is 0.288. The monoisotopic (exact) mass is 470 g/mol. The molecular formula is C25H28ClFN4O2. The van der Waals surface area contributed by atoms with E-state index in [1.165, 1.54) is 25.3 Å². The van der Waals surface area contributed by atoms with E-state index in [2.05, 4.69) is 19.9 Å². The molecule has 5 rings (SSSR count). The largest absolute Gasteiger partial charge is 0.493 e. The molecule has 2 aliphatic rings. The van der Waals surface area contributed by atoms with Crippen molar-refractivity contribution in [3.8, 4) is 5.75 Å². The van der Waals surface area contributed by atoms with Gasteiger partial charge in [0.2, 0.25) is 5.95 Å². The molecular weight excluding hydrogens is 443 g/mol. The van der Waals surface area contributed by atoms with Crippen LogP contribution in [0.3, 0.4) is 0 Å². The quantitative estimate of drug-likeness (QED) is 0.434. The van der Waals surface area contributed by atoms with Gasteiger partial charge in [-0.05, 0) is 62.0 Å². The fourth-order valence-corrected chi connectivity index (χ4v) is 5.01. The van der Waals surface area contributed by atoms with Gasteiger partial charge in [-0.1, -0.05) is 17.7 Å². The number of hydrogen-bond donors (Lipinski definition) is 0. The van der Waals surface area contributed by atoms with Crippen molar-refractivity contribution in [2.24, 2.45) is 17.8 Å². The first kappa shape index (κ1) is 22.1. The van der Waals surface area contributed by atoms with Crippen LogP contribution in [0.15, 0.2) is 41.2 Å². The Morgan fingerprint density at radius 2 is 1.94 bits per heavy atom. The lowest BCUT2D eigenvalue weighted by atomic mass is 9.90. The summed E-state index contributed by atoms with van der Waals surface area (Å²) in [5.74, 6) is 4.56. The van der Waals surface area contributed by atoms with E-state index in [1.54, 1.807) is 24.7 Å². The number of nitrogens with zero attached hydrogens (tertiary/aromatic N) is 4. The third-order valence-electron chi connectivity index (χ3n) is 6.80. The number of oxazole rings is 1. The topological polar surface area (TPSA) is 64.3 Å². The summed E-state index contributed by atoms with van der Waals surface area (Å²) in [4.78, 5) is 15.1. The highest BCUT2D eigenvalue weighted by atomic mass is 35.5. The van der Waals surface area contributed by atoms with Crippen LogP contribution < -0.4 is 9.64 Å². The summed E-state index contributed by atoms with van der Waals surface area (Å²) in [5, 5.41) is 0.566. The molecule has 2 aromatic heterocycles. The molecule has 174 valence electrons. The van der Waals surface area contributed by atoms with Gasteiger partial charge in [-0.15, -0.1) is 0 Å². The molecule has 1 saturated carbocycles. The molecule has 0 unspecified atom stereocenters. The van der Waals surface area contributed by atoms with Crippen LogP contribution in [0.5, 0.6) is 5.75 Å². The number of piperidine rings is 1. The third kappa shape index (κ3) is 5.46. The van der Waals surface area contributed by atoms with Crippen LogP contribution >= 0.6 is 11.6 Å². The van der Waals surface area contributed by atoms with Crippen LogP contribution in [0.4, 0.5) is 10.3 Å². The average Bonchev–Trinajstić information content (AvgIpc) is 3.48. The Labute approximate surface area is 198 Å². The normalized spacial score (nSPS) is 20.8. The lowest BCUT2D eigenvalue weighted by molar-refractivity contribution is 0.283. The minimum atomic E-state index is -0.288. The summed E-state index contributed by atoms with van der Waals surface area (Å²) in [6.45, 7) is 4.43. The standard InChI is InChI=1S/C25H28ClFN4O2/c1-16-13-28-24(33-16)11-19-2-3-21(12-23(19)27)32-9-6-18-10-22(18)17-4-7-31(8-5-17)25-29-14-20(26)15-30-25/h2-3,12-15,17-18,22H,4-11H2,1H3/t18-,22-/m1/s1. The highest BCUT2D eigenvalue weighted by molar-refractivity contribution is 6.30. The Morgan fingerprint density at radius 3 is 2.64 bits per heavy atom. The summed E-state index contributed by atoms with van der Waals surface area (Å²) >= 11 is 5.89. The van der Waals surface area contributed by atoms with Gasteiger partial charge in [0.25, 0.3) is 0 Å². The zero-order valence-corrected chi connectivity index (χ0v) is 19.5. The maximum atomic E-state index is 14.5. The van der Waals surface area contributed by atoms with Crippen molar-refractivity contribution < 1.29 is 13.5 Å². The molecule has 2 atom stereocenters. The number of aryl methyl sites for hydroxylation is 1. The van der Waals surface area contributed by atoms with E-state index in [0.29, 0.717) is 41.2 Å². The van der Waals surface area contributed by atoms with E-state index in [9.17, 15) is 4.39 Å². The molecule has 0 radical (unpaired) electrons. The molecule has 1 saturated heterocycles. The third-order valence-corrected chi connectivity index (χ3v) is 7.00. The summed E-state index contributed by atoms with van der Waals surface area (Å²) in [6, 6.07) is 5.04. The van der Waals surface area contributed by atoms with Gasteiger partial charge in [-0.3, -0.25) is 0 Å². The Hall–Kier alpha value is -2.67. The number of benzene rings is 1. The van der Waals surface area contributed by atoms with Crippen molar-refractivity contribution in [1.82, 2.24) is 15.0 Å². The molecule has 0 N–H and O–H groups in total. The summed E-state index contributed by atoms with van der Waals surface area (Å²) in [7, 11) is 0. The van der Waals surface area contributed by atoms with Gasteiger partial charge < -0.3 is 14.1 Å². The van der Waals surface area contributed by atoms with E-state index in [4.69, 9.17) is 20.8 Å². The van der Waals surface area contributed by atoms with Gasteiger partial charge in [0.1, 0.15) is 17.3 Å². The summed E-state index contributed by atoms with van der Waals surface area (Å²) in [5.41, 5.74) is 0.557. The Kier molecular flexibility index (Phi) is 6.49. The SMILES string of the molecule is Cc1cnc(Cc2ccc(OCC[C@@H]3C[C@@H]3C3CCN(c4ncc(Cl)cn4)CC3)cc2F)o1. The molecule has 1 aliphatic heterocycles. The molecule has 3 heterocycles. The fourth-order valence-electron chi connectivity index (χ4n) is 4.91. The molecule has 0 spiro atoms. The number of rotatable bonds is 8. The van der Waals surface area contributed by atoms with Gasteiger partial charge in [0.15, 0.2) is 5.89 Å². The van der Waals surface area contributed by atoms with Crippen molar-refractivity contribution in [3.05, 3.63) is 64.8 Å². The highest BCUT2D eigenvalue weighted by Gasteiger charge is 2.43. The second kappa shape index (κ2) is 9.67. The molecule has 0 amide bonds. The van der Waals surface area contributed by atoms with E-state index in [0.717, 1.165) is 43.1 Å². The first-order chi connectivity index (χ1) is 16.0. The van der Waals surface area contributed by atoms with Gasteiger partial charge in [-0.2, -0.15) is 0 Å². The smallest absolute Gasteiger partial charge is 0.225 e. The maximum Gasteiger partial charge on any atom is 0.225 e. The Morgan fingerprint density at radius 1 is 1.15 bits per heavy atom. The number of aromatic nitrogens is 3. The van der Waals surface area contributed by atoms with Crippen molar-refractivity contribution >= 4 is 17.5 Å². The molecule has 6 nitrogen and oxygen atoms in total. The summed E-state index contributed by atoms with van der Waals surface area (Å²) < 4.78 is 25.7. The average molecular weight is 471 g/mol. The van der Waals surface area contributed by atoms with Crippen LogP contribution in [0.1, 0.15) is 42.9 Å². The minimum Gasteiger partial charge on any atom is -0.493 e. The van der Waals surface area contributed by atoms with Crippen LogP contribution in [0, 0.1) is 30.5 Å². The van der Waals surface area contributed by atoms with E-state index >= 15 is 0 Å². The predicted octanol–water partition coefficient (Wildman–Crippen LogP) is 5.48. The molecule has 2 fully saturated rings. The second-order valence-electron chi connectivity index (χ2n) is 9.12. The van der Waals surface area contributed by atoms with Crippen LogP contribution in [0.2, 0.25) is 5.02 Å². The molecule has 3 aromatic rings. The van der Waals surface area contributed by atoms with E-state index < -0.39 is 0 Å². The maximum absolute atomic E-state index is 14.5. The molecule has 33 heavy (non-hydrogen) atoms. The van der Waals surface area contributed by atoms with Crippen LogP contribution in [-0.2, 0) is 6.42 Å². The van der Waals surface area contributed by atoms with Crippen molar-refractivity contribution in [2.75, 3.05) is 24.6 Å². The number of halogens is 2. The first-order valence-electron chi connectivity index (χ1n) is 11.6. The Balaban J connectivity index is 1.04. The second-order valence-corrected chi connectivity index (χ2v) is 9.55. The number of anilines is 1. The Bertz CT molecular complexity index is 1080. The van der Waals surface area contributed by atoms with Crippen LogP contribution in [0.25, 0.3) is 0 Å². The van der Waals surface area contributed by atoms with Gasteiger partial charge >= 0.3 is 0 Å². The molecule has 1 aromatic carbocycles. The molecule has 1 aliphatic carbocycles.